The number of nitrogens with zero attached hydrogens (tertiary/aromatic N) is 3. The van der Waals surface area contributed by atoms with Gasteiger partial charge in [0.25, 0.3) is 5.91 Å². The topological polar surface area (TPSA) is 83.5 Å². The zero-order valence-electron chi connectivity index (χ0n) is 23.2. The zero-order chi connectivity index (χ0) is 29.5. The third-order valence-corrected chi connectivity index (χ3v) is 7.51. The molecule has 0 aliphatic heterocycles. The van der Waals surface area contributed by atoms with Gasteiger partial charge in [0, 0.05) is 42.1 Å². The highest BCUT2D eigenvalue weighted by atomic mass is 19.1. The fourth-order valence-electron chi connectivity index (χ4n) is 5.22. The molecular formula is C33H28F2N4O3. The van der Waals surface area contributed by atoms with Gasteiger partial charge in [0.1, 0.15) is 29.2 Å². The minimum atomic E-state index is -0.778. The van der Waals surface area contributed by atoms with Crippen LogP contribution in [0.4, 0.5) is 14.5 Å². The van der Waals surface area contributed by atoms with Crippen LogP contribution >= 0.6 is 0 Å². The number of fused-ring (bicyclic) bond motifs is 2. The predicted molar refractivity (Wildman–Crippen MR) is 160 cm³/mol. The highest BCUT2D eigenvalue weighted by Crippen LogP contribution is 2.42. The van der Waals surface area contributed by atoms with Crippen LogP contribution in [0, 0.1) is 11.6 Å². The Bertz CT molecular complexity index is 1930. The number of carbonyl (C=O) groups excluding carboxylic acids is 1. The van der Waals surface area contributed by atoms with Gasteiger partial charge in [-0.1, -0.05) is 19.1 Å². The number of nitrogens with one attached hydrogen (secondary N) is 1. The van der Waals surface area contributed by atoms with Gasteiger partial charge in [-0.3, -0.25) is 4.79 Å². The van der Waals surface area contributed by atoms with Gasteiger partial charge < -0.3 is 19.7 Å². The van der Waals surface area contributed by atoms with Crippen molar-refractivity contribution in [1.29, 1.82) is 0 Å². The lowest BCUT2D eigenvalue weighted by Gasteiger charge is -2.27. The average Bonchev–Trinajstić information content (AvgIpc) is 3.61. The smallest absolute Gasteiger partial charge is 0.255 e. The Labute approximate surface area is 240 Å². The number of halogens is 2. The van der Waals surface area contributed by atoms with Crippen molar-refractivity contribution in [2.45, 2.75) is 19.6 Å². The molecule has 2 aromatic heterocycles. The van der Waals surface area contributed by atoms with Gasteiger partial charge in [0.2, 0.25) is 0 Å². The molecule has 7 nitrogen and oxygen atoms in total. The minimum Gasteiger partial charge on any atom is -0.455 e. The monoisotopic (exact) mass is 566 g/mol. The Kier molecular flexibility index (Phi) is 6.96. The van der Waals surface area contributed by atoms with Gasteiger partial charge in [0.05, 0.1) is 28.7 Å². The summed E-state index contributed by atoms with van der Waals surface area (Å²) in [6.45, 7) is 1.88. The largest absolute Gasteiger partial charge is 0.455 e. The highest BCUT2D eigenvalue weighted by Gasteiger charge is 2.25. The first-order valence-corrected chi connectivity index (χ1v) is 13.5. The molecule has 2 heterocycles. The molecule has 6 aromatic rings. The van der Waals surface area contributed by atoms with Crippen molar-refractivity contribution < 1.29 is 23.1 Å². The summed E-state index contributed by atoms with van der Waals surface area (Å²) in [5, 5.41) is 19.5. The van der Waals surface area contributed by atoms with Crippen molar-refractivity contribution in [3.05, 3.63) is 102 Å². The number of aliphatic hydroxyl groups excluding tert-OH is 1. The molecule has 2 N–H and O–H groups in total. The molecule has 0 saturated heterocycles. The maximum Gasteiger partial charge on any atom is 0.255 e. The van der Waals surface area contributed by atoms with E-state index in [2.05, 4.69) is 10.4 Å². The number of benzene rings is 4. The Hall–Kier alpha value is -5.02. The second kappa shape index (κ2) is 10.8. The van der Waals surface area contributed by atoms with Crippen molar-refractivity contribution in [2.24, 2.45) is 0 Å². The van der Waals surface area contributed by atoms with Gasteiger partial charge in [-0.15, -0.1) is 0 Å². The van der Waals surface area contributed by atoms with E-state index in [9.17, 15) is 18.7 Å². The van der Waals surface area contributed by atoms with Crippen LogP contribution in [0.25, 0.3) is 50.0 Å². The molecule has 9 heteroatoms. The SMILES string of the molecule is CCC(O)N(C)c1cc2oc(-c3ccc(F)cc3)c(C(=O)NC)c2cc1-c1ccc2cnn(-c3ccc(F)cc3)c2c1. The Morgan fingerprint density at radius 1 is 1.00 bits per heavy atom. The van der Waals surface area contributed by atoms with Gasteiger partial charge in [-0.2, -0.15) is 5.10 Å². The van der Waals surface area contributed by atoms with E-state index < -0.39 is 12.0 Å². The van der Waals surface area contributed by atoms with Crippen molar-refractivity contribution in [1.82, 2.24) is 15.1 Å². The molecule has 1 amide bonds. The molecule has 0 bridgehead atoms. The number of anilines is 1. The average molecular weight is 567 g/mol. The van der Waals surface area contributed by atoms with Gasteiger partial charge in [0.15, 0.2) is 0 Å². The number of carbonyl (C=O) groups is 1. The number of furan rings is 1. The fraction of sp³-hybridized carbons (Fsp3) is 0.152. The Morgan fingerprint density at radius 3 is 2.33 bits per heavy atom. The number of hydrogen-bond donors (Lipinski definition) is 2. The van der Waals surface area contributed by atoms with Crippen LogP contribution in [0.1, 0.15) is 23.7 Å². The predicted octanol–water partition coefficient (Wildman–Crippen LogP) is 6.91. The summed E-state index contributed by atoms with van der Waals surface area (Å²) in [5.74, 6) is -0.765. The maximum atomic E-state index is 13.7. The molecule has 6 rings (SSSR count). The second-order valence-electron chi connectivity index (χ2n) is 10.1. The zero-order valence-corrected chi connectivity index (χ0v) is 23.2. The summed E-state index contributed by atoms with van der Waals surface area (Å²) in [6.07, 6.45) is 1.45. The number of rotatable bonds is 7. The molecule has 0 radical (unpaired) electrons. The molecule has 42 heavy (non-hydrogen) atoms. The van der Waals surface area contributed by atoms with E-state index in [4.69, 9.17) is 4.42 Å². The molecule has 212 valence electrons. The summed E-state index contributed by atoms with van der Waals surface area (Å²) in [4.78, 5) is 15.0. The van der Waals surface area contributed by atoms with Crippen molar-refractivity contribution in [3.8, 4) is 28.1 Å². The quantitative estimate of drug-likeness (QED) is 0.205. The van der Waals surface area contributed by atoms with Crippen LogP contribution in [0.3, 0.4) is 0 Å². The Balaban J connectivity index is 1.61. The first kappa shape index (κ1) is 27.2. The first-order valence-electron chi connectivity index (χ1n) is 13.5. The van der Waals surface area contributed by atoms with E-state index in [0.29, 0.717) is 45.7 Å². The van der Waals surface area contributed by atoms with Crippen LogP contribution in [0.5, 0.6) is 0 Å². The Morgan fingerprint density at radius 2 is 1.67 bits per heavy atom. The van der Waals surface area contributed by atoms with Crippen LogP contribution in [-0.2, 0) is 0 Å². The fourth-order valence-corrected chi connectivity index (χ4v) is 5.22. The van der Waals surface area contributed by atoms with E-state index in [0.717, 1.165) is 22.0 Å². The highest BCUT2D eigenvalue weighted by molar-refractivity contribution is 6.13. The third kappa shape index (κ3) is 4.67. The third-order valence-electron chi connectivity index (χ3n) is 7.51. The number of aliphatic hydroxyl groups is 1. The lowest BCUT2D eigenvalue weighted by atomic mass is 9.97. The number of hydrogen-bond acceptors (Lipinski definition) is 5. The summed E-state index contributed by atoms with van der Waals surface area (Å²) in [7, 11) is 3.34. The van der Waals surface area contributed by atoms with E-state index in [-0.39, 0.29) is 11.7 Å². The van der Waals surface area contributed by atoms with Crippen LogP contribution < -0.4 is 10.2 Å². The summed E-state index contributed by atoms with van der Waals surface area (Å²) in [6, 6.07) is 21.4. The van der Waals surface area contributed by atoms with Gasteiger partial charge in [-0.05, 0) is 72.6 Å². The lowest BCUT2D eigenvalue weighted by Crippen LogP contribution is -2.30. The second-order valence-corrected chi connectivity index (χ2v) is 10.1. The van der Waals surface area contributed by atoms with E-state index in [1.165, 1.54) is 24.3 Å². The number of aromatic nitrogens is 2. The van der Waals surface area contributed by atoms with E-state index in [1.54, 1.807) is 54.1 Å². The summed E-state index contributed by atoms with van der Waals surface area (Å²) in [5.41, 5.74) is 5.08. The molecule has 0 spiro atoms. The molecule has 1 unspecified atom stereocenters. The minimum absolute atomic E-state index is 0.316. The summed E-state index contributed by atoms with van der Waals surface area (Å²) < 4.78 is 35.3. The lowest BCUT2D eigenvalue weighted by molar-refractivity contribution is 0.0964. The molecule has 1 atom stereocenters. The van der Waals surface area contributed by atoms with Crippen molar-refractivity contribution in [3.63, 3.8) is 0 Å². The van der Waals surface area contributed by atoms with E-state index >= 15 is 0 Å². The van der Waals surface area contributed by atoms with Crippen LogP contribution in [-0.4, -0.2) is 41.1 Å². The van der Waals surface area contributed by atoms with Crippen LogP contribution in [0.15, 0.2) is 89.5 Å². The molecule has 0 aliphatic rings. The molecule has 4 aromatic carbocycles. The molecule has 0 fully saturated rings. The van der Waals surface area contributed by atoms with Gasteiger partial charge in [-0.25, -0.2) is 13.5 Å². The normalized spacial score (nSPS) is 12.1. The van der Waals surface area contributed by atoms with Crippen molar-refractivity contribution >= 4 is 33.5 Å². The number of amides is 1. The molecule has 0 saturated carbocycles. The van der Waals surface area contributed by atoms with Gasteiger partial charge >= 0.3 is 0 Å². The van der Waals surface area contributed by atoms with E-state index in [1.807, 2.05) is 37.3 Å². The standard InChI is InChI=1S/C33H28F2N4O3/c1-4-30(40)38(3)28-17-29-26(31(33(41)36-2)32(42-29)19-7-9-22(34)10-8-19)16-25(28)20-5-6-21-18-37-39(27(21)15-20)24-13-11-23(35)12-14-24/h5-18,30,40H,4H2,1-3H3,(H,36,41). The molecular weight excluding hydrogens is 538 g/mol. The molecule has 0 aliphatic carbocycles. The van der Waals surface area contributed by atoms with Crippen LogP contribution in [0.2, 0.25) is 0 Å². The first-order chi connectivity index (χ1) is 20.3. The summed E-state index contributed by atoms with van der Waals surface area (Å²) >= 11 is 0. The maximum absolute atomic E-state index is 13.7. The van der Waals surface area contributed by atoms with Crippen molar-refractivity contribution in [2.75, 3.05) is 19.0 Å².